The van der Waals surface area contributed by atoms with Gasteiger partial charge in [0.1, 0.15) is 0 Å². The number of nitrogens with zero attached hydrogens (tertiary/aromatic N) is 1. The van der Waals surface area contributed by atoms with Gasteiger partial charge in [-0.15, -0.1) is 24.0 Å². The van der Waals surface area contributed by atoms with E-state index in [1.807, 2.05) is 0 Å². The standard InChI is InChI=1S/C16H31N3O3S.HI/c1-4-12(2)18-16(19-15-5-7-22-13(3)9-15)17-10-14-6-8-23(20,21)11-14;/h12-15H,4-11H2,1-3H3,(H2,17,18,19);1H. The van der Waals surface area contributed by atoms with E-state index >= 15 is 0 Å². The Morgan fingerprint density at radius 1 is 1.38 bits per heavy atom. The van der Waals surface area contributed by atoms with Crippen molar-refractivity contribution in [2.24, 2.45) is 10.9 Å². The van der Waals surface area contributed by atoms with Crippen molar-refractivity contribution in [3.63, 3.8) is 0 Å². The molecule has 0 radical (unpaired) electrons. The minimum Gasteiger partial charge on any atom is -0.378 e. The van der Waals surface area contributed by atoms with Crippen LogP contribution in [0.4, 0.5) is 0 Å². The lowest BCUT2D eigenvalue weighted by molar-refractivity contribution is 0.0165. The molecule has 4 unspecified atom stereocenters. The summed E-state index contributed by atoms with van der Waals surface area (Å²) in [6.45, 7) is 7.70. The van der Waals surface area contributed by atoms with Crippen molar-refractivity contribution in [1.82, 2.24) is 10.6 Å². The van der Waals surface area contributed by atoms with E-state index in [1.165, 1.54) is 0 Å². The summed E-state index contributed by atoms with van der Waals surface area (Å²) >= 11 is 0. The second-order valence-electron chi connectivity index (χ2n) is 6.96. The summed E-state index contributed by atoms with van der Waals surface area (Å²) in [7, 11) is -2.83. The molecule has 24 heavy (non-hydrogen) atoms. The Kier molecular flexibility index (Phi) is 9.29. The molecule has 142 valence electrons. The third-order valence-corrected chi connectivity index (χ3v) is 6.49. The lowest BCUT2D eigenvalue weighted by Crippen LogP contribution is -2.49. The molecule has 2 saturated heterocycles. The summed E-state index contributed by atoms with van der Waals surface area (Å²) in [5.41, 5.74) is 0. The largest absolute Gasteiger partial charge is 0.378 e. The van der Waals surface area contributed by atoms with Gasteiger partial charge < -0.3 is 15.4 Å². The zero-order valence-corrected chi connectivity index (χ0v) is 18.1. The minimum absolute atomic E-state index is 0. The van der Waals surface area contributed by atoms with Crippen molar-refractivity contribution in [1.29, 1.82) is 0 Å². The van der Waals surface area contributed by atoms with Crippen LogP contribution in [0.3, 0.4) is 0 Å². The number of rotatable bonds is 5. The van der Waals surface area contributed by atoms with Crippen LogP contribution in [0.15, 0.2) is 4.99 Å². The molecule has 4 atom stereocenters. The van der Waals surface area contributed by atoms with E-state index in [2.05, 4.69) is 36.4 Å². The second kappa shape index (κ2) is 10.2. The van der Waals surface area contributed by atoms with Crippen LogP contribution in [0.1, 0.15) is 46.5 Å². The Morgan fingerprint density at radius 2 is 2.12 bits per heavy atom. The number of nitrogens with one attached hydrogen (secondary N) is 2. The van der Waals surface area contributed by atoms with E-state index in [-0.39, 0.29) is 41.8 Å². The van der Waals surface area contributed by atoms with Gasteiger partial charge in [-0.25, -0.2) is 8.42 Å². The molecule has 0 bridgehead atoms. The average Bonchev–Trinajstić information content (AvgIpc) is 2.84. The number of ether oxygens (including phenoxy) is 1. The number of halogens is 1. The highest BCUT2D eigenvalue weighted by Gasteiger charge is 2.28. The first kappa shape index (κ1) is 22.0. The van der Waals surface area contributed by atoms with Crippen LogP contribution in [0.2, 0.25) is 0 Å². The average molecular weight is 473 g/mol. The van der Waals surface area contributed by atoms with E-state index < -0.39 is 9.84 Å². The maximum absolute atomic E-state index is 11.6. The van der Waals surface area contributed by atoms with Gasteiger partial charge in [0.25, 0.3) is 0 Å². The zero-order valence-electron chi connectivity index (χ0n) is 15.0. The van der Waals surface area contributed by atoms with Gasteiger partial charge in [-0.3, -0.25) is 4.99 Å². The maximum atomic E-state index is 11.6. The van der Waals surface area contributed by atoms with Crippen LogP contribution in [0.25, 0.3) is 0 Å². The molecule has 0 amide bonds. The predicted octanol–water partition coefficient (Wildman–Crippen LogP) is 1.94. The van der Waals surface area contributed by atoms with Gasteiger partial charge in [0.05, 0.1) is 17.6 Å². The minimum atomic E-state index is -2.83. The van der Waals surface area contributed by atoms with Crippen molar-refractivity contribution in [3.8, 4) is 0 Å². The third kappa shape index (κ3) is 7.43. The van der Waals surface area contributed by atoms with Crippen LogP contribution < -0.4 is 10.6 Å². The molecule has 6 nitrogen and oxygen atoms in total. The smallest absolute Gasteiger partial charge is 0.191 e. The SMILES string of the molecule is CCC(C)NC(=NCC1CCS(=O)(=O)C1)NC1CCOC(C)C1.I. The molecule has 0 aliphatic carbocycles. The van der Waals surface area contributed by atoms with Gasteiger partial charge in [0, 0.05) is 25.2 Å². The molecule has 8 heteroatoms. The Hall–Kier alpha value is -0.0900. The highest BCUT2D eigenvalue weighted by molar-refractivity contribution is 14.0. The number of aliphatic imine (C=N–C) groups is 1. The maximum Gasteiger partial charge on any atom is 0.191 e. The van der Waals surface area contributed by atoms with Gasteiger partial charge in [0.2, 0.25) is 0 Å². The summed E-state index contributed by atoms with van der Waals surface area (Å²) in [6, 6.07) is 0.701. The second-order valence-corrected chi connectivity index (χ2v) is 9.19. The Morgan fingerprint density at radius 3 is 2.71 bits per heavy atom. The monoisotopic (exact) mass is 473 g/mol. The first-order chi connectivity index (χ1) is 10.9. The number of sulfone groups is 1. The molecule has 2 aliphatic heterocycles. The zero-order chi connectivity index (χ0) is 16.9. The molecular formula is C16H32IN3O3S. The first-order valence-electron chi connectivity index (χ1n) is 8.77. The quantitative estimate of drug-likeness (QED) is 0.363. The first-order valence-corrected chi connectivity index (χ1v) is 10.6. The van der Waals surface area contributed by atoms with E-state index in [4.69, 9.17) is 4.74 Å². The van der Waals surface area contributed by atoms with Crippen LogP contribution in [0.5, 0.6) is 0 Å². The molecular weight excluding hydrogens is 441 g/mol. The normalized spacial score (nSPS) is 31.1. The van der Waals surface area contributed by atoms with Crippen LogP contribution in [0, 0.1) is 5.92 Å². The fraction of sp³-hybridized carbons (Fsp3) is 0.938. The van der Waals surface area contributed by atoms with Gasteiger partial charge in [-0.05, 0) is 45.4 Å². The molecule has 2 fully saturated rings. The highest BCUT2D eigenvalue weighted by Crippen LogP contribution is 2.18. The Balaban J connectivity index is 0.00000288. The lowest BCUT2D eigenvalue weighted by atomic mass is 10.0. The summed E-state index contributed by atoms with van der Waals surface area (Å²) < 4.78 is 28.7. The van der Waals surface area contributed by atoms with Crippen LogP contribution >= 0.6 is 24.0 Å². The molecule has 0 saturated carbocycles. The molecule has 2 heterocycles. The van der Waals surface area contributed by atoms with Crippen LogP contribution in [-0.2, 0) is 14.6 Å². The lowest BCUT2D eigenvalue weighted by Gasteiger charge is -2.30. The van der Waals surface area contributed by atoms with Gasteiger partial charge in [-0.2, -0.15) is 0 Å². The Labute approximate surface area is 163 Å². The summed E-state index contributed by atoms with van der Waals surface area (Å²) in [4.78, 5) is 4.67. The molecule has 2 N–H and O–H groups in total. The van der Waals surface area contributed by atoms with Crippen molar-refractivity contribution in [2.45, 2.75) is 64.6 Å². The summed E-state index contributed by atoms with van der Waals surface area (Å²) in [6.07, 6.45) is 3.97. The van der Waals surface area contributed by atoms with Crippen molar-refractivity contribution < 1.29 is 13.2 Å². The van der Waals surface area contributed by atoms with Gasteiger partial charge >= 0.3 is 0 Å². The molecule has 2 aliphatic rings. The number of hydrogen-bond donors (Lipinski definition) is 2. The Bertz CT molecular complexity index is 513. The van der Waals surface area contributed by atoms with Crippen molar-refractivity contribution in [2.75, 3.05) is 24.7 Å². The van der Waals surface area contributed by atoms with E-state index in [1.54, 1.807) is 0 Å². The van der Waals surface area contributed by atoms with E-state index in [9.17, 15) is 8.42 Å². The third-order valence-electron chi connectivity index (χ3n) is 4.66. The fourth-order valence-electron chi connectivity index (χ4n) is 3.03. The van der Waals surface area contributed by atoms with E-state index in [0.29, 0.717) is 24.4 Å². The number of guanidine groups is 1. The topological polar surface area (TPSA) is 79.8 Å². The molecule has 0 spiro atoms. The molecule has 0 aromatic carbocycles. The molecule has 2 rings (SSSR count). The summed E-state index contributed by atoms with van der Waals surface area (Å²) in [5, 5.41) is 6.93. The predicted molar refractivity (Wildman–Crippen MR) is 109 cm³/mol. The highest BCUT2D eigenvalue weighted by atomic mass is 127. The summed E-state index contributed by atoms with van der Waals surface area (Å²) in [5.74, 6) is 1.56. The molecule has 0 aromatic rings. The van der Waals surface area contributed by atoms with E-state index in [0.717, 1.165) is 38.2 Å². The van der Waals surface area contributed by atoms with Crippen LogP contribution in [-0.4, -0.2) is 57.2 Å². The fourth-order valence-corrected chi connectivity index (χ4v) is 4.88. The van der Waals surface area contributed by atoms with Crippen molar-refractivity contribution in [3.05, 3.63) is 0 Å². The molecule has 0 aromatic heterocycles. The van der Waals surface area contributed by atoms with Gasteiger partial charge in [-0.1, -0.05) is 6.92 Å². The van der Waals surface area contributed by atoms with Crippen molar-refractivity contribution >= 4 is 39.8 Å². The van der Waals surface area contributed by atoms with Gasteiger partial charge in [0.15, 0.2) is 15.8 Å². The number of hydrogen-bond acceptors (Lipinski definition) is 4.